The number of nitrogens with one attached hydrogen (secondary N) is 2. The monoisotopic (exact) mass is 487 g/mol. The van der Waals surface area contributed by atoms with E-state index in [1.165, 1.54) is 11.8 Å². The Bertz CT molecular complexity index is 1120. The first-order valence-corrected chi connectivity index (χ1v) is 11.7. The lowest BCUT2D eigenvalue weighted by Crippen LogP contribution is -2.33. The number of nitrogens with zero attached hydrogens (tertiary/aromatic N) is 3. The van der Waals surface area contributed by atoms with E-state index in [0.717, 1.165) is 5.75 Å². The predicted molar refractivity (Wildman–Crippen MR) is 130 cm³/mol. The summed E-state index contributed by atoms with van der Waals surface area (Å²) in [6.45, 7) is 3.97. The maximum absolute atomic E-state index is 12.8. The molecule has 0 aliphatic rings. The minimum atomic E-state index is -0.381. The first kappa shape index (κ1) is 24.6. The Morgan fingerprint density at radius 2 is 1.82 bits per heavy atom. The topological polar surface area (TPSA) is 98.1 Å². The molecule has 174 valence electrons. The van der Waals surface area contributed by atoms with Crippen molar-refractivity contribution in [3.05, 3.63) is 64.9 Å². The summed E-state index contributed by atoms with van der Waals surface area (Å²) in [5, 5.41) is 15.3. The lowest BCUT2D eigenvalue weighted by Gasteiger charge is -2.22. The Kier molecular flexibility index (Phi) is 8.35. The molecule has 0 unspecified atom stereocenters. The molecule has 1 heterocycles. The van der Waals surface area contributed by atoms with Crippen molar-refractivity contribution in [1.82, 2.24) is 20.1 Å². The van der Waals surface area contributed by atoms with Crippen LogP contribution in [0.3, 0.4) is 0 Å². The van der Waals surface area contributed by atoms with Crippen LogP contribution in [0.15, 0.2) is 53.7 Å². The van der Waals surface area contributed by atoms with Gasteiger partial charge in [0.15, 0.2) is 11.0 Å². The maximum Gasteiger partial charge on any atom is 0.253 e. The second kappa shape index (κ2) is 11.2. The van der Waals surface area contributed by atoms with Gasteiger partial charge in [-0.2, -0.15) is 0 Å². The fraction of sp³-hybridized carbons (Fsp3) is 0.304. The number of hydrogen-bond acceptors (Lipinski definition) is 6. The number of thioether (sulfide) groups is 1. The Hall–Kier alpha value is -3.04. The van der Waals surface area contributed by atoms with Crippen molar-refractivity contribution < 1.29 is 14.3 Å². The summed E-state index contributed by atoms with van der Waals surface area (Å²) >= 11 is 7.43. The Morgan fingerprint density at radius 3 is 2.45 bits per heavy atom. The first-order chi connectivity index (χ1) is 15.8. The van der Waals surface area contributed by atoms with Crippen LogP contribution in [0.2, 0.25) is 5.02 Å². The van der Waals surface area contributed by atoms with Gasteiger partial charge < -0.3 is 19.9 Å². The molecule has 0 fully saturated rings. The predicted octanol–water partition coefficient (Wildman–Crippen LogP) is 4.34. The maximum atomic E-state index is 12.8. The van der Waals surface area contributed by atoms with Crippen LogP contribution in [-0.4, -0.2) is 39.4 Å². The molecule has 8 nitrogen and oxygen atoms in total. The molecule has 0 spiro atoms. The van der Waals surface area contributed by atoms with Crippen molar-refractivity contribution in [1.29, 1.82) is 0 Å². The number of methoxy groups -OCH3 is 1. The Balaban J connectivity index is 1.65. The van der Waals surface area contributed by atoms with Crippen LogP contribution >= 0.6 is 23.4 Å². The highest BCUT2D eigenvalue weighted by Crippen LogP contribution is 2.25. The van der Waals surface area contributed by atoms with Gasteiger partial charge in [-0.25, -0.2) is 0 Å². The van der Waals surface area contributed by atoms with Gasteiger partial charge in [-0.15, -0.1) is 10.2 Å². The fourth-order valence-corrected chi connectivity index (χ4v) is 4.06. The molecule has 2 amide bonds. The molecule has 2 N–H and O–H groups in total. The number of amides is 2. The summed E-state index contributed by atoms with van der Waals surface area (Å²) < 4.78 is 6.91. The summed E-state index contributed by atoms with van der Waals surface area (Å²) in [6, 6.07) is 13.6. The zero-order valence-electron chi connectivity index (χ0n) is 18.8. The molecule has 1 atom stereocenters. The van der Waals surface area contributed by atoms with E-state index in [0.29, 0.717) is 27.3 Å². The van der Waals surface area contributed by atoms with E-state index in [4.69, 9.17) is 16.3 Å². The first-order valence-electron chi connectivity index (χ1n) is 10.3. The number of ether oxygens (including phenoxy) is 1. The van der Waals surface area contributed by atoms with Gasteiger partial charge >= 0.3 is 0 Å². The molecule has 0 bridgehead atoms. The smallest absolute Gasteiger partial charge is 0.253 e. The van der Waals surface area contributed by atoms with Crippen molar-refractivity contribution in [2.24, 2.45) is 13.0 Å². The van der Waals surface area contributed by atoms with E-state index >= 15 is 0 Å². The zero-order valence-corrected chi connectivity index (χ0v) is 20.4. The molecule has 10 heteroatoms. The molecule has 0 aliphatic heterocycles. The summed E-state index contributed by atoms with van der Waals surface area (Å²) in [7, 11) is 3.40. The minimum Gasteiger partial charge on any atom is -0.497 e. The van der Waals surface area contributed by atoms with Gasteiger partial charge in [0, 0.05) is 12.7 Å². The quantitative estimate of drug-likeness (QED) is 0.436. The van der Waals surface area contributed by atoms with E-state index in [1.807, 2.05) is 20.9 Å². The average molecular weight is 488 g/mol. The van der Waals surface area contributed by atoms with Crippen LogP contribution < -0.4 is 15.4 Å². The third-order valence-corrected chi connectivity index (χ3v) is 6.27. The van der Waals surface area contributed by atoms with Gasteiger partial charge in [-0.05, 0) is 42.3 Å². The van der Waals surface area contributed by atoms with Crippen LogP contribution in [0, 0.1) is 5.92 Å². The lowest BCUT2D eigenvalue weighted by atomic mass is 10.0. The molecule has 0 saturated heterocycles. The highest BCUT2D eigenvalue weighted by atomic mass is 35.5. The number of aromatic nitrogens is 3. The second-order valence-corrected chi connectivity index (χ2v) is 8.99. The summed E-state index contributed by atoms with van der Waals surface area (Å²) in [6.07, 6.45) is 0. The molecule has 3 aromatic rings. The molecule has 33 heavy (non-hydrogen) atoms. The van der Waals surface area contributed by atoms with Crippen molar-refractivity contribution in [2.45, 2.75) is 25.0 Å². The summed E-state index contributed by atoms with van der Waals surface area (Å²) in [4.78, 5) is 25.1. The van der Waals surface area contributed by atoms with Gasteiger partial charge in [-0.3, -0.25) is 9.59 Å². The van der Waals surface area contributed by atoms with Crippen LogP contribution in [0.25, 0.3) is 0 Å². The molecule has 0 aliphatic carbocycles. The van der Waals surface area contributed by atoms with Gasteiger partial charge in [-0.1, -0.05) is 49.3 Å². The number of hydrogen-bond donors (Lipinski definition) is 2. The van der Waals surface area contributed by atoms with Gasteiger partial charge in [0.1, 0.15) is 5.75 Å². The number of rotatable bonds is 9. The SMILES string of the molecule is COc1ccc(NC(=O)CSc2nnc([C@H](NC(=O)c3ccccc3Cl)C(C)C)n2C)cc1. The van der Waals surface area contributed by atoms with E-state index in [9.17, 15) is 9.59 Å². The Labute approximate surface area is 202 Å². The molecular weight excluding hydrogens is 462 g/mol. The highest BCUT2D eigenvalue weighted by Gasteiger charge is 2.26. The van der Waals surface area contributed by atoms with Gasteiger partial charge in [0.2, 0.25) is 5.91 Å². The van der Waals surface area contributed by atoms with Gasteiger partial charge in [0.25, 0.3) is 5.91 Å². The van der Waals surface area contributed by atoms with Gasteiger partial charge in [0.05, 0.1) is 29.5 Å². The van der Waals surface area contributed by atoms with Crippen LogP contribution in [0.5, 0.6) is 5.75 Å². The van der Waals surface area contributed by atoms with E-state index in [-0.39, 0.29) is 29.5 Å². The third kappa shape index (κ3) is 6.27. The standard InChI is InChI=1S/C23H26ClN5O3S/c1-14(2)20(26-22(31)17-7-5-6-8-18(17)24)21-27-28-23(29(21)3)33-13-19(30)25-15-9-11-16(32-4)12-10-15/h5-12,14,20H,13H2,1-4H3,(H,25,30)(H,26,31)/t20-/m1/s1. The van der Waals surface area contributed by atoms with Crippen LogP contribution in [-0.2, 0) is 11.8 Å². The van der Waals surface area contributed by atoms with Crippen molar-refractivity contribution >= 4 is 40.9 Å². The van der Waals surface area contributed by atoms with Crippen molar-refractivity contribution in [2.75, 3.05) is 18.2 Å². The van der Waals surface area contributed by atoms with E-state index in [1.54, 1.807) is 60.2 Å². The van der Waals surface area contributed by atoms with E-state index in [2.05, 4.69) is 20.8 Å². The second-order valence-electron chi connectivity index (χ2n) is 7.64. The number of anilines is 1. The van der Waals surface area contributed by atoms with E-state index < -0.39 is 0 Å². The highest BCUT2D eigenvalue weighted by molar-refractivity contribution is 7.99. The number of benzene rings is 2. The van der Waals surface area contributed by atoms with Crippen molar-refractivity contribution in [3.8, 4) is 5.75 Å². The molecule has 2 aromatic carbocycles. The molecule has 3 rings (SSSR count). The normalized spacial score (nSPS) is 11.8. The van der Waals surface area contributed by atoms with Crippen LogP contribution in [0.1, 0.15) is 36.1 Å². The minimum absolute atomic E-state index is 0.0514. The number of carbonyl (C=O) groups is 2. The lowest BCUT2D eigenvalue weighted by molar-refractivity contribution is -0.113. The fourth-order valence-electron chi connectivity index (χ4n) is 3.12. The summed E-state index contributed by atoms with van der Waals surface area (Å²) in [5.41, 5.74) is 1.08. The molecule has 0 radical (unpaired) electrons. The van der Waals surface area contributed by atoms with Crippen LogP contribution in [0.4, 0.5) is 5.69 Å². The number of halogens is 1. The molecule has 0 saturated carbocycles. The Morgan fingerprint density at radius 1 is 1.12 bits per heavy atom. The third-order valence-electron chi connectivity index (χ3n) is 4.92. The average Bonchev–Trinajstić information content (AvgIpc) is 3.16. The largest absolute Gasteiger partial charge is 0.497 e. The molecular formula is C23H26ClN5O3S. The van der Waals surface area contributed by atoms with Crippen molar-refractivity contribution in [3.63, 3.8) is 0 Å². The zero-order chi connectivity index (χ0) is 24.0. The summed E-state index contributed by atoms with van der Waals surface area (Å²) in [5.74, 6) is 1.09. The number of carbonyl (C=O) groups excluding carboxylic acids is 2. The molecule has 1 aromatic heterocycles.